The van der Waals surface area contributed by atoms with Gasteiger partial charge in [0, 0.05) is 25.0 Å². The molecule has 1 saturated heterocycles. The second-order valence-electron chi connectivity index (χ2n) is 5.60. The van der Waals surface area contributed by atoms with Crippen LogP contribution < -0.4 is 5.32 Å². The Bertz CT molecular complexity index is 455. The van der Waals surface area contributed by atoms with Crippen LogP contribution >= 0.6 is 11.8 Å². The van der Waals surface area contributed by atoms with Gasteiger partial charge in [-0.2, -0.15) is 0 Å². The lowest BCUT2D eigenvalue weighted by molar-refractivity contribution is 0.201. The summed E-state index contributed by atoms with van der Waals surface area (Å²) >= 11 is 1.70. The highest BCUT2D eigenvalue weighted by molar-refractivity contribution is 7.99. The molecule has 0 radical (unpaired) electrons. The quantitative estimate of drug-likeness (QED) is 0.848. The number of rotatable bonds is 4. The molecule has 2 aliphatic carbocycles. The van der Waals surface area contributed by atoms with E-state index in [9.17, 15) is 5.11 Å². The number of aliphatic hydroxyl groups is 1. The fourth-order valence-corrected chi connectivity index (χ4v) is 3.73. The fraction of sp³-hybridized carbons (Fsp3) is 0.833. The van der Waals surface area contributed by atoms with E-state index < -0.39 is 0 Å². The molecule has 2 heterocycles. The third-order valence-corrected chi connectivity index (χ3v) is 5.20. The second kappa shape index (κ2) is 4.21. The van der Waals surface area contributed by atoms with E-state index in [0.29, 0.717) is 18.5 Å². The van der Waals surface area contributed by atoms with Crippen LogP contribution in [0.5, 0.6) is 0 Å². The van der Waals surface area contributed by atoms with Gasteiger partial charge in [0.1, 0.15) is 5.82 Å². The van der Waals surface area contributed by atoms with Crippen LogP contribution in [-0.4, -0.2) is 44.3 Å². The SMILES string of the molecule is OC1CNCC1Sc1nnc(C2CC2)n1C1CC1. The molecule has 4 rings (SSSR count). The summed E-state index contributed by atoms with van der Waals surface area (Å²) in [6.45, 7) is 1.56. The van der Waals surface area contributed by atoms with Gasteiger partial charge < -0.3 is 15.0 Å². The minimum absolute atomic E-state index is 0.221. The minimum atomic E-state index is -0.260. The molecule has 0 spiro atoms. The van der Waals surface area contributed by atoms with Crippen LogP contribution in [-0.2, 0) is 0 Å². The van der Waals surface area contributed by atoms with E-state index >= 15 is 0 Å². The van der Waals surface area contributed by atoms with E-state index in [-0.39, 0.29) is 11.4 Å². The first-order valence-corrected chi connectivity index (χ1v) is 7.71. The number of hydrogen-bond donors (Lipinski definition) is 2. The van der Waals surface area contributed by atoms with Gasteiger partial charge in [-0.25, -0.2) is 0 Å². The number of aromatic nitrogens is 3. The highest BCUT2D eigenvalue weighted by Crippen LogP contribution is 2.46. The summed E-state index contributed by atoms with van der Waals surface area (Å²) in [6, 6.07) is 0.629. The van der Waals surface area contributed by atoms with Gasteiger partial charge in [-0.1, -0.05) is 11.8 Å². The number of aliphatic hydroxyl groups excluding tert-OH is 1. The Morgan fingerprint density at radius 1 is 1.17 bits per heavy atom. The van der Waals surface area contributed by atoms with Crippen LogP contribution in [0.25, 0.3) is 0 Å². The van der Waals surface area contributed by atoms with Crippen molar-refractivity contribution >= 4 is 11.8 Å². The molecule has 0 bridgehead atoms. The Morgan fingerprint density at radius 3 is 2.61 bits per heavy atom. The van der Waals surface area contributed by atoms with Crippen molar-refractivity contribution in [2.45, 2.75) is 54.2 Å². The summed E-state index contributed by atoms with van der Waals surface area (Å²) in [7, 11) is 0. The molecule has 1 aliphatic heterocycles. The molecule has 2 saturated carbocycles. The molecule has 2 unspecified atom stereocenters. The number of nitrogens with zero attached hydrogens (tertiary/aromatic N) is 3. The number of thioether (sulfide) groups is 1. The molecule has 1 aromatic rings. The lowest BCUT2D eigenvalue weighted by Gasteiger charge is -2.13. The zero-order chi connectivity index (χ0) is 12.1. The number of β-amino-alcohol motifs (C(OH)–C–C–N with tert-alkyl or cyclic N) is 1. The first kappa shape index (κ1) is 11.3. The highest BCUT2D eigenvalue weighted by atomic mass is 32.2. The number of nitrogens with one attached hydrogen (secondary N) is 1. The summed E-state index contributed by atoms with van der Waals surface area (Å²) in [4.78, 5) is 0. The standard InChI is InChI=1S/C12H18N4OS/c17-9-5-13-6-10(9)18-12-15-14-11(7-1-2-7)16(12)8-3-4-8/h7-10,13,17H,1-6H2. The van der Waals surface area contributed by atoms with Gasteiger partial charge >= 0.3 is 0 Å². The van der Waals surface area contributed by atoms with Gasteiger partial charge in [-0.3, -0.25) is 0 Å². The van der Waals surface area contributed by atoms with Gasteiger partial charge in [0.15, 0.2) is 5.16 Å². The van der Waals surface area contributed by atoms with Crippen molar-refractivity contribution in [2.24, 2.45) is 0 Å². The van der Waals surface area contributed by atoms with E-state index in [1.165, 1.54) is 31.5 Å². The van der Waals surface area contributed by atoms with Crippen molar-refractivity contribution < 1.29 is 5.11 Å². The largest absolute Gasteiger partial charge is 0.391 e. The van der Waals surface area contributed by atoms with Crippen molar-refractivity contribution in [2.75, 3.05) is 13.1 Å². The molecule has 3 aliphatic rings. The summed E-state index contributed by atoms with van der Waals surface area (Å²) in [6.07, 6.45) is 4.79. The first-order chi connectivity index (χ1) is 8.83. The van der Waals surface area contributed by atoms with Gasteiger partial charge in [-0.05, 0) is 25.7 Å². The van der Waals surface area contributed by atoms with Crippen molar-refractivity contribution in [3.8, 4) is 0 Å². The Hall–Kier alpha value is -0.590. The molecule has 0 amide bonds. The summed E-state index contributed by atoms with van der Waals surface area (Å²) in [5.74, 6) is 1.85. The van der Waals surface area contributed by atoms with Crippen LogP contribution in [0.3, 0.4) is 0 Å². The zero-order valence-electron chi connectivity index (χ0n) is 10.2. The molecule has 6 heteroatoms. The van der Waals surface area contributed by atoms with E-state index in [1.807, 2.05) is 0 Å². The highest BCUT2D eigenvalue weighted by Gasteiger charge is 2.37. The van der Waals surface area contributed by atoms with Crippen LogP contribution in [0.1, 0.15) is 43.5 Å². The monoisotopic (exact) mass is 266 g/mol. The normalized spacial score (nSPS) is 32.1. The molecule has 2 atom stereocenters. The topological polar surface area (TPSA) is 63.0 Å². The van der Waals surface area contributed by atoms with E-state index in [0.717, 1.165) is 11.7 Å². The van der Waals surface area contributed by atoms with Gasteiger partial charge in [0.2, 0.25) is 0 Å². The smallest absolute Gasteiger partial charge is 0.191 e. The van der Waals surface area contributed by atoms with E-state index in [1.54, 1.807) is 11.8 Å². The van der Waals surface area contributed by atoms with E-state index in [4.69, 9.17) is 0 Å². The third-order valence-electron chi connectivity index (χ3n) is 3.93. The van der Waals surface area contributed by atoms with Crippen molar-refractivity contribution in [3.63, 3.8) is 0 Å². The summed E-state index contributed by atoms with van der Waals surface area (Å²) in [5, 5.41) is 23.1. The molecule has 98 valence electrons. The van der Waals surface area contributed by atoms with Crippen molar-refractivity contribution in [3.05, 3.63) is 5.82 Å². The average molecular weight is 266 g/mol. The molecule has 18 heavy (non-hydrogen) atoms. The predicted octanol–water partition coefficient (Wildman–Crippen LogP) is 0.915. The van der Waals surface area contributed by atoms with Crippen molar-refractivity contribution in [1.82, 2.24) is 20.1 Å². The molecule has 1 aromatic heterocycles. The summed E-state index contributed by atoms with van der Waals surface area (Å²) < 4.78 is 2.35. The van der Waals surface area contributed by atoms with Crippen LogP contribution in [0.15, 0.2) is 5.16 Å². The third kappa shape index (κ3) is 1.96. The summed E-state index contributed by atoms with van der Waals surface area (Å²) in [5.41, 5.74) is 0. The maximum atomic E-state index is 9.88. The molecule has 3 fully saturated rings. The molecule has 2 N–H and O–H groups in total. The Morgan fingerprint density at radius 2 is 2.00 bits per heavy atom. The Kier molecular flexibility index (Phi) is 2.63. The average Bonchev–Trinajstić information content (AvgIpc) is 3.28. The maximum Gasteiger partial charge on any atom is 0.191 e. The molecule has 5 nitrogen and oxygen atoms in total. The maximum absolute atomic E-state index is 9.88. The van der Waals surface area contributed by atoms with Crippen molar-refractivity contribution in [1.29, 1.82) is 0 Å². The fourth-order valence-electron chi connectivity index (χ4n) is 2.56. The van der Waals surface area contributed by atoms with Gasteiger partial charge in [0.05, 0.1) is 11.4 Å². The Balaban J connectivity index is 1.59. The van der Waals surface area contributed by atoms with Crippen LogP contribution in [0, 0.1) is 0 Å². The van der Waals surface area contributed by atoms with Crippen LogP contribution in [0.2, 0.25) is 0 Å². The van der Waals surface area contributed by atoms with Crippen LogP contribution in [0.4, 0.5) is 0 Å². The minimum Gasteiger partial charge on any atom is -0.391 e. The molecular formula is C12H18N4OS. The predicted molar refractivity (Wildman–Crippen MR) is 68.8 cm³/mol. The van der Waals surface area contributed by atoms with Gasteiger partial charge in [0.25, 0.3) is 0 Å². The lowest BCUT2D eigenvalue weighted by atomic mass is 10.3. The first-order valence-electron chi connectivity index (χ1n) is 6.83. The molecular weight excluding hydrogens is 248 g/mol. The van der Waals surface area contributed by atoms with Gasteiger partial charge in [-0.15, -0.1) is 10.2 Å². The lowest BCUT2D eigenvalue weighted by Crippen LogP contribution is -2.20. The Labute approximate surface area is 110 Å². The zero-order valence-corrected chi connectivity index (χ0v) is 11.1. The second-order valence-corrected chi connectivity index (χ2v) is 6.80. The molecule has 0 aromatic carbocycles. The number of hydrogen-bond acceptors (Lipinski definition) is 5. The van der Waals surface area contributed by atoms with E-state index in [2.05, 4.69) is 20.1 Å².